The number of hydrogen-bond donors (Lipinski definition) is 0. The van der Waals surface area contributed by atoms with Gasteiger partial charge < -0.3 is 14.2 Å². The minimum atomic E-state index is -0.691. The predicted molar refractivity (Wildman–Crippen MR) is 143 cm³/mol. The van der Waals surface area contributed by atoms with E-state index in [1.807, 2.05) is 36.4 Å². The number of para-hydroxylation sites is 1. The second kappa shape index (κ2) is 11.8. The smallest absolute Gasteiger partial charge is 0.331 e. The third-order valence-electron chi connectivity index (χ3n) is 5.40. The Kier molecular flexibility index (Phi) is 8.28. The fraction of sp³-hybridized carbons (Fsp3) is 0.107. The Labute approximate surface area is 223 Å². The van der Waals surface area contributed by atoms with E-state index < -0.39 is 18.4 Å². The third-order valence-corrected chi connectivity index (χ3v) is 5.94. The minimum absolute atomic E-state index is 0.192. The number of nitrogens with zero attached hydrogens (tertiary/aromatic N) is 2. The number of rotatable bonds is 9. The summed E-state index contributed by atoms with van der Waals surface area (Å²) < 4.78 is 17.6. The highest BCUT2D eigenvalue weighted by Crippen LogP contribution is 2.34. The number of ether oxygens (including phenoxy) is 3. The van der Waals surface area contributed by atoms with Crippen LogP contribution in [0.15, 0.2) is 79.0 Å². The number of carbonyl (C=O) groups excluding carboxylic acids is 2. The Morgan fingerprint density at radius 3 is 2.41 bits per heavy atom. The average Bonchev–Trinajstić information content (AvgIpc) is 3.35. The maximum atomic E-state index is 12.4. The number of hydrogen-bond acceptors (Lipinski definition) is 6. The standard InChI is InChI=1S/C28H22Cl2N2O5/c1-35-25-12-8-18(14-26(25)36-2)28-19(16-32(31-28)21-6-4-3-5-7-21)9-13-27(34)37-17-24(33)22-11-10-20(29)15-23(22)30/h3-16H,17H2,1-2H3. The van der Waals surface area contributed by atoms with Gasteiger partial charge in [-0.2, -0.15) is 5.10 Å². The fourth-order valence-corrected chi connectivity index (χ4v) is 4.08. The number of aromatic nitrogens is 2. The van der Waals surface area contributed by atoms with E-state index in [0.717, 1.165) is 11.3 Å². The van der Waals surface area contributed by atoms with Crippen molar-refractivity contribution < 1.29 is 23.8 Å². The lowest BCUT2D eigenvalue weighted by Gasteiger charge is -2.09. The van der Waals surface area contributed by atoms with Gasteiger partial charge >= 0.3 is 5.97 Å². The van der Waals surface area contributed by atoms with E-state index in [1.165, 1.54) is 18.2 Å². The average molecular weight is 537 g/mol. The lowest BCUT2D eigenvalue weighted by Crippen LogP contribution is -2.13. The molecule has 0 saturated heterocycles. The van der Waals surface area contributed by atoms with E-state index in [-0.39, 0.29) is 10.6 Å². The van der Waals surface area contributed by atoms with Crippen molar-refractivity contribution in [1.82, 2.24) is 9.78 Å². The molecule has 0 atom stereocenters. The number of Topliss-reactive ketones (excluding diaryl/α,β-unsaturated/α-hetero) is 1. The number of halogens is 2. The topological polar surface area (TPSA) is 79.7 Å². The Balaban J connectivity index is 1.58. The van der Waals surface area contributed by atoms with Crippen LogP contribution in [0, 0.1) is 0 Å². The van der Waals surface area contributed by atoms with E-state index in [4.69, 9.17) is 42.5 Å². The van der Waals surface area contributed by atoms with Gasteiger partial charge in [0.05, 0.1) is 24.9 Å². The van der Waals surface area contributed by atoms with E-state index in [2.05, 4.69) is 0 Å². The molecule has 1 heterocycles. The van der Waals surface area contributed by atoms with E-state index in [0.29, 0.717) is 27.8 Å². The van der Waals surface area contributed by atoms with Crippen LogP contribution in [-0.4, -0.2) is 42.4 Å². The summed E-state index contributed by atoms with van der Waals surface area (Å²) in [4.78, 5) is 24.8. The normalized spacial score (nSPS) is 10.9. The van der Waals surface area contributed by atoms with Crippen molar-refractivity contribution in [3.8, 4) is 28.4 Å². The largest absolute Gasteiger partial charge is 0.493 e. The fourth-order valence-electron chi connectivity index (χ4n) is 3.57. The van der Waals surface area contributed by atoms with Gasteiger partial charge in [0.1, 0.15) is 5.69 Å². The Bertz CT molecular complexity index is 1460. The second-order valence-corrected chi connectivity index (χ2v) is 8.61. The first-order chi connectivity index (χ1) is 17.9. The summed E-state index contributed by atoms with van der Waals surface area (Å²) in [7, 11) is 3.12. The molecule has 0 fully saturated rings. The van der Waals surface area contributed by atoms with Crippen molar-refractivity contribution in [2.75, 3.05) is 20.8 Å². The maximum Gasteiger partial charge on any atom is 0.331 e. The quantitative estimate of drug-likeness (QED) is 0.142. The van der Waals surface area contributed by atoms with Crippen molar-refractivity contribution in [3.63, 3.8) is 0 Å². The number of carbonyl (C=O) groups is 2. The van der Waals surface area contributed by atoms with Crippen LogP contribution < -0.4 is 9.47 Å². The third kappa shape index (κ3) is 6.20. The molecule has 0 N–H and O–H groups in total. The van der Waals surface area contributed by atoms with Gasteiger partial charge in [-0.3, -0.25) is 4.79 Å². The van der Waals surface area contributed by atoms with Crippen molar-refractivity contribution in [3.05, 3.63) is 100 Å². The molecular formula is C28H22Cl2N2O5. The van der Waals surface area contributed by atoms with Crippen molar-refractivity contribution >= 4 is 41.0 Å². The Hall–Kier alpha value is -4.07. The molecule has 1 aromatic heterocycles. The summed E-state index contributed by atoms with van der Waals surface area (Å²) in [6.45, 7) is -0.462. The molecule has 7 nitrogen and oxygen atoms in total. The molecule has 188 valence electrons. The molecule has 0 unspecified atom stereocenters. The molecule has 0 saturated carbocycles. The summed E-state index contributed by atoms with van der Waals surface area (Å²) in [5.41, 5.74) is 3.09. The van der Waals surface area contributed by atoms with Gasteiger partial charge in [-0.25, -0.2) is 9.48 Å². The molecule has 3 aromatic carbocycles. The van der Waals surface area contributed by atoms with Gasteiger partial charge in [-0.05, 0) is 54.6 Å². The van der Waals surface area contributed by atoms with Crippen molar-refractivity contribution in [2.24, 2.45) is 0 Å². The minimum Gasteiger partial charge on any atom is -0.493 e. The van der Waals surface area contributed by atoms with Gasteiger partial charge in [0.25, 0.3) is 0 Å². The van der Waals surface area contributed by atoms with Crippen LogP contribution in [0.25, 0.3) is 23.0 Å². The highest BCUT2D eigenvalue weighted by Gasteiger charge is 2.15. The molecule has 0 bridgehead atoms. The molecule has 0 radical (unpaired) electrons. The molecule has 0 amide bonds. The zero-order chi connectivity index (χ0) is 26.4. The van der Waals surface area contributed by atoms with Crippen molar-refractivity contribution in [2.45, 2.75) is 0 Å². The lowest BCUT2D eigenvalue weighted by atomic mass is 10.1. The summed E-state index contributed by atoms with van der Waals surface area (Å²) in [5, 5.41) is 5.32. The second-order valence-electron chi connectivity index (χ2n) is 7.77. The van der Waals surface area contributed by atoms with Gasteiger partial charge in [-0.15, -0.1) is 0 Å². The lowest BCUT2D eigenvalue weighted by molar-refractivity contribution is -0.136. The van der Waals surface area contributed by atoms with Crippen LogP contribution in [0.2, 0.25) is 10.0 Å². The van der Waals surface area contributed by atoms with Crippen LogP contribution in [0.4, 0.5) is 0 Å². The van der Waals surface area contributed by atoms with Crippen LogP contribution in [0.5, 0.6) is 11.5 Å². The molecule has 0 aliphatic rings. The van der Waals surface area contributed by atoms with E-state index >= 15 is 0 Å². The number of methoxy groups -OCH3 is 2. The molecule has 0 aliphatic heterocycles. The first-order valence-corrected chi connectivity index (χ1v) is 11.9. The van der Waals surface area contributed by atoms with Crippen LogP contribution in [-0.2, 0) is 9.53 Å². The predicted octanol–water partition coefficient (Wildman–Crippen LogP) is 6.30. The first-order valence-electron chi connectivity index (χ1n) is 11.1. The van der Waals surface area contributed by atoms with Crippen LogP contribution in [0.3, 0.4) is 0 Å². The monoisotopic (exact) mass is 536 g/mol. The Morgan fingerprint density at radius 1 is 0.946 bits per heavy atom. The van der Waals surface area contributed by atoms with Crippen LogP contribution in [0.1, 0.15) is 15.9 Å². The summed E-state index contributed by atoms with van der Waals surface area (Å²) in [6, 6.07) is 19.5. The molecule has 0 aliphatic carbocycles. The highest BCUT2D eigenvalue weighted by atomic mass is 35.5. The number of esters is 1. The first kappa shape index (κ1) is 26.0. The van der Waals surface area contributed by atoms with E-state index in [1.54, 1.807) is 49.4 Å². The zero-order valence-electron chi connectivity index (χ0n) is 20.0. The zero-order valence-corrected chi connectivity index (χ0v) is 21.5. The van der Waals surface area contributed by atoms with Gasteiger partial charge in [-0.1, -0.05) is 41.4 Å². The Morgan fingerprint density at radius 2 is 1.70 bits per heavy atom. The van der Waals surface area contributed by atoms with Gasteiger partial charge in [0, 0.05) is 34.0 Å². The van der Waals surface area contributed by atoms with Crippen LogP contribution >= 0.6 is 23.2 Å². The molecule has 0 spiro atoms. The molecule has 9 heteroatoms. The summed E-state index contributed by atoms with van der Waals surface area (Å²) in [5.74, 6) is -0.00154. The van der Waals surface area contributed by atoms with Gasteiger partial charge in [0.2, 0.25) is 5.78 Å². The van der Waals surface area contributed by atoms with Gasteiger partial charge in [0.15, 0.2) is 18.1 Å². The summed E-state index contributed by atoms with van der Waals surface area (Å²) >= 11 is 11.9. The number of ketones is 1. The van der Waals surface area contributed by atoms with Crippen molar-refractivity contribution in [1.29, 1.82) is 0 Å². The highest BCUT2D eigenvalue weighted by molar-refractivity contribution is 6.36. The molecule has 4 rings (SSSR count). The molecule has 37 heavy (non-hydrogen) atoms. The number of benzene rings is 3. The SMILES string of the molecule is COc1ccc(-c2nn(-c3ccccc3)cc2C=CC(=O)OCC(=O)c2ccc(Cl)cc2Cl)cc1OC. The van der Waals surface area contributed by atoms with E-state index in [9.17, 15) is 9.59 Å². The molecular weight excluding hydrogens is 515 g/mol. The summed E-state index contributed by atoms with van der Waals surface area (Å²) in [6.07, 6.45) is 4.62. The maximum absolute atomic E-state index is 12.4. The molecule has 4 aromatic rings.